The number of benzene rings is 1. The fourth-order valence-corrected chi connectivity index (χ4v) is 1.72. The lowest BCUT2D eigenvalue weighted by Crippen LogP contribution is -2.02. The van der Waals surface area contributed by atoms with Crippen LogP contribution in [0.1, 0.15) is 11.9 Å². The predicted molar refractivity (Wildman–Crippen MR) is 59.4 cm³/mol. The number of methoxy groups -OCH3 is 1. The van der Waals surface area contributed by atoms with Crippen molar-refractivity contribution in [2.45, 2.75) is 6.29 Å². The van der Waals surface area contributed by atoms with E-state index in [9.17, 15) is 20.3 Å². The molecule has 0 amide bonds. The fraction of sp³-hybridized carbons (Fsp3) is 0.250. The maximum absolute atomic E-state index is 10.5. The summed E-state index contributed by atoms with van der Waals surface area (Å²) in [7, 11) is 1.26. The standard InChI is InChI=1S/C8H8INO5/c1-15-8(12)4-2-5(9)6(10(13)14)3-7(4)11/h2-3,8,11-12H,1H3. The van der Waals surface area contributed by atoms with Crippen LogP contribution in [0.25, 0.3) is 0 Å². The highest BCUT2D eigenvalue weighted by Crippen LogP contribution is 2.32. The zero-order valence-corrected chi connectivity index (χ0v) is 9.83. The molecule has 7 heteroatoms. The number of rotatable bonds is 3. The molecular weight excluding hydrogens is 317 g/mol. The van der Waals surface area contributed by atoms with Gasteiger partial charge in [0.2, 0.25) is 0 Å². The lowest BCUT2D eigenvalue weighted by molar-refractivity contribution is -0.385. The molecule has 15 heavy (non-hydrogen) atoms. The molecule has 2 N–H and O–H groups in total. The Morgan fingerprint density at radius 2 is 2.20 bits per heavy atom. The number of phenolic OH excluding ortho intramolecular Hbond substituents is 1. The van der Waals surface area contributed by atoms with Crippen LogP contribution < -0.4 is 0 Å². The van der Waals surface area contributed by atoms with Gasteiger partial charge in [-0.25, -0.2) is 0 Å². The molecule has 0 aliphatic rings. The lowest BCUT2D eigenvalue weighted by Gasteiger charge is -2.10. The van der Waals surface area contributed by atoms with Crippen molar-refractivity contribution >= 4 is 28.3 Å². The summed E-state index contributed by atoms with van der Waals surface area (Å²) in [5, 5.41) is 29.2. The molecule has 0 saturated carbocycles. The van der Waals surface area contributed by atoms with Crippen LogP contribution in [-0.4, -0.2) is 22.2 Å². The minimum atomic E-state index is -1.29. The molecule has 0 radical (unpaired) electrons. The third-order valence-electron chi connectivity index (χ3n) is 1.78. The molecule has 1 aromatic carbocycles. The zero-order valence-electron chi connectivity index (χ0n) is 7.68. The van der Waals surface area contributed by atoms with Crippen molar-refractivity contribution < 1.29 is 19.9 Å². The number of ether oxygens (including phenoxy) is 1. The first-order valence-electron chi connectivity index (χ1n) is 3.85. The Kier molecular flexibility index (Phi) is 3.83. The van der Waals surface area contributed by atoms with Crippen molar-refractivity contribution in [3.63, 3.8) is 0 Å². The Hall–Kier alpha value is -0.930. The Morgan fingerprint density at radius 3 is 2.67 bits per heavy atom. The van der Waals surface area contributed by atoms with Gasteiger partial charge in [0.15, 0.2) is 6.29 Å². The van der Waals surface area contributed by atoms with Gasteiger partial charge in [0.05, 0.1) is 20.1 Å². The molecule has 1 unspecified atom stereocenters. The lowest BCUT2D eigenvalue weighted by atomic mass is 10.2. The number of aromatic hydroxyl groups is 1. The summed E-state index contributed by atoms with van der Waals surface area (Å²) < 4.78 is 4.92. The maximum Gasteiger partial charge on any atom is 0.286 e. The van der Waals surface area contributed by atoms with Crippen LogP contribution in [0.5, 0.6) is 5.75 Å². The number of nitro benzene ring substituents is 1. The molecule has 0 aliphatic carbocycles. The highest BCUT2D eigenvalue weighted by molar-refractivity contribution is 14.1. The first kappa shape index (κ1) is 12.1. The summed E-state index contributed by atoms with van der Waals surface area (Å²) >= 11 is 1.75. The monoisotopic (exact) mass is 325 g/mol. The topological polar surface area (TPSA) is 92.8 Å². The van der Waals surface area contributed by atoms with E-state index in [1.807, 2.05) is 0 Å². The number of hydrogen-bond acceptors (Lipinski definition) is 5. The van der Waals surface area contributed by atoms with E-state index in [0.717, 1.165) is 6.07 Å². The van der Waals surface area contributed by atoms with Gasteiger partial charge >= 0.3 is 0 Å². The Labute approximate surface area is 98.8 Å². The Bertz CT molecular complexity index is 395. The Morgan fingerprint density at radius 1 is 1.60 bits per heavy atom. The highest BCUT2D eigenvalue weighted by Gasteiger charge is 2.19. The van der Waals surface area contributed by atoms with Gasteiger partial charge in [-0.2, -0.15) is 0 Å². The number of nitrogens with zero attached hydrogens (tertiary/aromatic N) is 1. The van der Waals surface area contributed by atoms with Crippen molar-refractivity contribution in [3.8, 4) is 5.75 Å². The second kappa shape index (κ2) is 4.73. The molecule has 0 bridgehead atoms. The average Bonchev–Trinajstić information content (AvgIpc) is 2.19. The number of hydrogen-bond donors (Lipinski definition) is 2. The minimum absolute atomic E-state index is 0.104. The number of aliphatic hydroxyl groups excluding tert-OH is 1. The van der Waals surface area contributed by atoms with Gasteiger partial charge in [-0.3, -0.25) is 10.1 Å². The third-order valence-corrected chi connectivity index (χ3v) is 2.65. The van der Waals surface area contributed by atoms with Crippen molar-refractivity contribution in [1.82, 2.24) is 0 Å². The molecule has 6 nitrogen and oxygen atoms in total. The van der Waals surface area contributed by atoms with Crippen LogP contribution in [0.4, 0.5) is 5.69 Å². The zero-order chi connectivity index (χ0) is 11.6. The van der Waals surface area contributed by atoms with Gasteiger partial charge < -0.3 is 14.9 Å². The maximum atomic E-state index is 10.5. The van der Waals surface area contributed by atoms with Crippen molar-refractivity contribution in [2.24, 2.45) is 0 Å². The molecular formula is C8H8INO5. The summed E-state index contributed by atoms with van der Waals surface area (Å²) in [4.78, 5) is 9.91. The van der Waals surface area contributed by atoms with Crippen molar-refractivity contribution in [3.05, 3.63) is 31.4 Å². The summed E-state index contributed by atoms with van der Waals surface area (Å²) in [5.74, 6) is -0.364. The molecule has 0 aromatic heterocycles. The second-order valence-electron chi connectivity index (χ2n) is 2.71. The Balaban J connectivity index is 3.25. The smallest absolute Gasteiger partial charge is 0.286 e. The number of nitro groups is 1. The summed E-state index contributed by atoms with van der Waals surface area (Å²) in [6, 6.07) is 2.29. The highest BCUT2D eigenvalue weighted by atomic mass is 127. The van der Waals surface area contributed by atoms with Crippen LogP contribution in [0.3, 0.4) is 0 Å². The number of aliphatic hydroxyl groups is 1. The third kappa shape index (κ3) is 2.55. The quantitative estimate of drug-likeness (QED) is 0.381. The van der Waals surface area contributed by atoms with Crippen LogP contribution >= 0.6 is 22.6 Å². The number of halogens is 1. The van der Waals surface area contributed by atoms with Crippen LogP contribution in [-0.2, 0) is 4.74 Å². The molecule has 0 aliphatic heterocycles. The molecule has 1 atom stereocenters. The van der Waals surface area contributed by atoms with Gasteiger partial charge in [-0.1, -0.05) is 0 Å². The SMILES string of the molecule is COC(O)c1cc(I)c([N+](=O)[O-])cc1O. The van der Waals surface area contributed by atoms with Crippen molar-refractivity contribution in [2.75, 3.05) is 7.11 Å². The normalized spacial score (nSPS) is 12.5. The van der Waals surface area contributed by atoms with Crippen LogP contribution in [0.15, 0.2) is 12.1 Å². The van der Waals surface area contributed by atoms with E-state index in [0.29, 0.717) is 3.57 Å². The second-order valence-corrected chi connectivity index (χ2v) is 3.87. The molecule has 82 valence electrons. The van der Waals surface area contributed by atoms with Crippen molar-refractivity contribution in [1.29, 1.82) is 0 Å². The fourth-order valence-electron chi connectivity index (χ4n) is 1.03. The summed E-state index contributed by atoms with van der Waals surface area (Å²) in [6.07, 6.45) is -1.29. The summed E-state index contributed by atoms with van der Waals surface area (Å²) in [6.45, 7) is 0. The van der Waals surface area contributed by atoms with E-state index in [1.54, 1.807) is 22.6 Å². The largest absolute Gasteiger partial charge is 0.507 e. The van der Waals surface area contributed by atoms with Gasteiger partial charge in [0, 0.05) is 7.11 Å². The van der Waals surface area contributed by atoms with Gasteiger partial charge in [0.1, 0.15) is 5.75 Å². The van der Waals surface area contributed by atoms with E-state index in [2.05, 4.69) is 4.74 Å². The molecule has 0 heterocycles. The molecule has 0 spiro atoms. The predicted octanol–water partition coefficient (Wildman–Crippen LogP) is 1.54. The average molecular weight is 325 g/mol. The number of phenols is 1. The van der Waals surface area contributed by atoms with E-state index in [4.69, 9.17) is 0 Å². The molecule has 0 saturated heterocycles. The van der Waals surface area contributed by atoms with Gasteiger partial charge in [-0.15, -0.1) is 0 Å². The molecule has 0 fully saturated rings. The van der Waals surface area contributed by atoms with Gasteiger partial charge in [-0.05, 0) is 28.7 Å². The van der Waals surface area contributed by atoms with E-state index in [1.165, 1.54) is 13.2 Å². The summed E-state index contributed by atoms with van der Waals surface area (Å²) in [5.41, 5.74) is -0.104. The van der Waals surface area contributed by atoms with E-state index < -0.39 is 11.2 Å². The van der Waals surface area contributed by atoms with E-state index >= 15 is 0 Å². The molecule has 1 aromatic rings. The van der Waals surface area contributed by atoms with Crippen LogP contribution in [0.2, 0.25) is 0 Å². The van der Waals surface area contributed by atoms with Gasteiger partial charge in [0.25, 0.3) is 5.69 Å². The van der Waals surface area contributed by atoms with E-state index in [-0.39, 0.29) is 17.0 Å². The first-order valence-corrected chi connectivity index (χ1v) is 4.93. The molecule has 1 rings (SSSR count). The van der Waals surface area contributed by atoms with Crippen LogP contribution in [0, 0.1) is 13.7 Å². The first-order chi connectivity index (χ1) is 6.97. The minimum Gasteiger partial charge on any atom is -0.507 e.